The van der Waals surface area contributed by atoms with Crippen molar-refractivity contribution in [1.82, 2.24) is 10.1 Å². The maximum Gasteiger partial charge on any atom is 0.341 e. The number of anilines is 1. The highest BCUT2D eigenvalue weighted by Crippen LogP contribution is 2.36. The van der Waals surface area contributed by atoms with Gasteiger partial charge in [-0.15, -0.1) is 11.3 Å². The number of amides is 2. The second-order valence-corrected chi connectivity index (χ2v) is 8.03. The van der Waals surface area contributed by atoms with Crippen molar-refractivity contribution < 1.29 is 23.6 Å². The van der Waals surface area contributed by atoms with Crippen LogP contribution in [0, 0.1) is 13.8 Å². The molecule has 0 saturated carbocycles. The number of thiophene rings is 1. The largest absolute Gasteiger partial charge is 0.465 e. The Labute approximate surface area is 190 Å². The van der Waals surface area contributed by atoms with Crippen molar-refractivity contribution in [2.75, 3.05) is 25.5 Å². The van der Waals surface area contributed by atoms with Crippen LogP contribution in [0.3, 0.4) is 0 Å². The highest BCUT2D eigenvalue weighted by molar-refractivity contribution is 7.18. The standard InChI is InChI=1S/C23H25N3O5S/c1-6-26(7-2)22(28)19-13(3)16(23(29)30-5)21(32-19)24-20(27)17-14(4)31-25-18(17)15-11-9-8-10-12-15/h8-12H,6-7H2,1-5H3,(H,24,27). The maximum atomic E-state index is 13.2. The average Bonchev–Trinajstić information content (AvgIpc) is 3.34. The summed E-state index contributed by atoms with van der Waals surface area (Å²) in [5.41, 5.74) is 2.01. The molecular formula is C23H25N3O5S. The van der Waals surface area contributed by atoms with Crippen LogP contribution < -0.4 is 5.32 Å². The van der Waals surface area contributed by atoms with Gasteiger partial charge in [0.05, 0.1) is 17.6 Å². The summed E-state index contributed by atoms with van der Waals surface area (Å²) in [6.07, 6.45) is 0. The number of aryl methyl sites for hydroxylation is 1. The van der Waals surface area contributed by atoms with Crippen LogP contribution in [0.15, 0.2) is 34.9 Å². The van der Waals surface area contributed by atoms with Crippen LogP contribution in [0.25, 0.3) is 11.3 Å². The molecule has 0 bridgehead atoms. The van der Waals surface area contributed by atoms with Gasteiger partial charge < -0.3 is 19.5 Å². The van der Waals surface area contributed by atoms with E-state index < -0.39 is 11.9 Å². The number of carbonyl (C=O) groups is 3. The van der Waals surface area contributed by atoms with Gasteiger partial charge in [0.1, 0.15) is 22.0 Å². The van der Waals surface area contributed by atoms with Gasteiger partial charge in [0.25, 0.3) is 11.8 Å². The molecule has 0 spiro atoms. The summed E-state index contributed by atoms with van der Waals surface area (Å²) in [5.74, 6) is -0.975. The van der Waals surface area contributed by atoms with Crippen molar-refractivity contribution >= 4 is 34.1 Å². The summed E-state index contributed by atoms with van der Waals surface area (Å²) in [4.78, 5) is 40.7. The predicted molar refractivity (Wildman–Crippen MR) is 122 cm³/mol. The third-order valence-electron chi connectivity index (χ3n) is 5.15. The Morgan fingerprint density at radius 1 is 1.09 bits per heavy atom. The molecule has 0 aliphatic heterocycles. The van der Waals surface area contributed by atoms with Crippen LogP contribution in [0.5, 0.6) is 0 Å². The summed E-state index contributed by atoms with van der Waals surface area (Å²) in [7, 11) is 1.26. The van der Waals surface area contributed by atoms with Crippen molar-refractivity contribution in [2.45, 2.75) is 27.7 Å². The summed E-state index contributed by atoms with van der Waals surface area (Å²) in [5, 5.41) is 7.06. The quantitative estimate of drug-likeness (QED) is 0.525. The zero-order valence-corrected chi connectivity index (χ0v) is 19.5. The van der Waals surface area contributed by atoms with Gasteiger partial charge in [0.2, 0.25) is 0 Å². The van der Waals surface area contributed by atoms with E-state index in [4.69, 9.17) is 9.26 Å². The van der Waals surface area contributed by atoms with Crippen LogP contribution in [-0.4, -0.2) is 48.0 Å². The minimum absolute atomic E-state index is 0.164. The SMILES string of the molecule is CCN(CC)C(=O)c1sc(NC(=O)c2c(-c3ccccc3)noc2C)c(C(=O)OC)c1C. The number of nitrogens with zero attached hydrogens (tertiary/aromatic N) is 2. The number of benzene rings is 1. The molecule has 2 aromatic heterocycles. The number of rotatable bonds is 7. The number of hydrogen-bond donors (Lipinski definition) is 1. The third-order valence-corrected chi connectivity index (χ3v) is 6.34. The molecule has 0 aliphatic carbocycles. The molecule has 168 valence electrons. The second kappa shape index (κ2) is 9.78. The number of esters is 1. The van der Waals surface area contributed by atoms with Gasteiger partial charge in [-0.2, -0.15) is 0 Å². The topological polar surface area (TPSA) is 102 Å². The van der Waals surface area contributed by atoms with Gasteiger partial charge in [-0.05, 0) is 33.3 Å². The van der Waals surface area contributed by atoms with E-state index in [2.05, 4.69) is 10.5 Å². The van der Waals surface area contributed by atoms with Crippen molar-refractivity contribution in [3.05, 3.63) is 57.7 Å². The molecule has 2 heterocycles. The highest BCUT2D eigenvalue weighted by atomic mass is 32.1. The molecule has 0 fully saturated rings. The average molecular weight is 456 g/mol. The number of hydrogen-bond acceptors (Lipinski definition) is 7. The number of aromatic nitrogens is 1. The summed E-state index contributed by atoms with van der Waals surface area (Å²) in [6, 6.07) is 9.18. The van der Waals surface area contributed by atoms with E-state index in [0.717, 1.165) is 16.9 Å². The fraction of sp³-hybridized carbons (Fsp3) is 0.304. The predicted octanol–water partition coefficient (Wildman–Crippen LogP) is 4.54. The van der Waals surface area contributed by atoms with Gasteiger partial charge in [-0.3, -0.25) is 9.59 Å². The molecular weight excluding hydrogens is 430 g/mol. The molecule has 9 heteroatoms. The Balaban J connectivity index is 2.03. The van der Waals surface area contributed by atoms with E-state index in [1.54, 1.807) is 18.7 Å². The van der Waals surface area contributed by atoms with Crippen molar-refractivity contribution in [3.63, 3.8) is 0 Å². The van der Waals surface area contributed by atoms with Gasteiger partial charge >= 0.3 is 5.97 Å². The third kappa shape index (κ3) is 4.29. The number of nitrogens with one attached hydrogen (secondary N) is 1. The summed E-state index contributed by atoms with van der Waals surface area (Å²) >= 11 is 1.06. The fourth-order valence-electron chi connectivity index (χ4n) is 3.41. The van der Waals surface area contributed by atoms with Crippen LogP contribution in [0.1, 0.15) is 55.6 Å². The van der Waals surface area contributed by atoms with E-state index in [9.17, 15) is 14.4 Å². The molecule has 3 aromatic rings. The molecule has 0 unspecified atom stereocenters. The lowest BCUT2D eigenvalue weighted by Gasteiger charge is -2.17. The molecule has 0 saturated heterocycles. The Morgan fingerprint density at radius 2 is 1.75 bits per heavy atom. The second-order valence-electron chi connectivity index (χ2n) is 7.01. The summed E-state index contributed by atoms with van der Waals surface area (Å²) < 4.78 is 10.2. The first-order valence-electron chi connectivity index (χ1n) is 10.2. The Morgan fingerprint density at radius 3 is 2.34 bits per heavy atom. The smallest absolute Gasteiger partial charge is 0.341 e. The molecule has 0 atom stereocenters. The normalized spacial score (nSPS) is 10.7. The first kappa shape index (κ1) is 23.2. The fourth-order valence-corrected chi connectivity index (χ4v) is 4.56. The molecule has 1 N–H and O–H groups in total. The minimum atomic E-state index is -0.627. The first-order chi connectivity index (χ1) is 15.3. The summed E-state index contributed by atoms with van der Waals surface area (Å²) in [6.45, 7) is 8.15. The number of ether oxygens (including phenoxy) is 1. The number of carbonyl (C=O) groups excluding carboxylic acids is 3. The molecule has 3 rings (SSSR count). The van der Waals surface area contributed by atoms with Gasteiger partial charge in [0, 0.05) is 18.7 Å². The van der Waals surface area contributed by atoms with E-state index in [0.29, 0.717) is 35.0 Å². The lowest BCUT2D eigenvalue weighted by Crippen LogP contribution is -2.30. The molecule has 0 aliphatic rings. The highest BCUT2D eigenvalue weighted by Gasteiger charge is 2.30. The molecule has 8 nitrogen and oxygen atoms in total. The zero-order valence-electron chi connectivity index (χ0n) is 18.6. The van der Waals surface area contributed by atoms with Crippen LogP contribution in [0.2, 0.25) is 0 Å². The van der Waals surface area contributed by atoms with Gasteiger partial charge in [-0.25, -0.2) is 4.79 Å². The number of methoxy groups -OCH3 is 1. The van der Waals surface area contributed by atoms with Crippen molar-refractivity contribution in [3.8, 4) is 11.3 Å². The lowest BCUT2D eigenvalue weighted by atomic mass is 10.1. The van der Waals surface area contributed by atoms with Crippen molar-refractivity contribution in [2.24, 2.45) is 0 Å². The van der Waals surface area contributed by atoms with E-state index in [1.807, 2.05) is 44.2 Å². The molecule has 1 aromatic carbocycles. The Hall–Kier alpha value is -3.46. The Bertz CT molecular complexity index is 1150. The van der Waals surface area contributed by atoms with Crippen molar-refractivity contribution in [1.29, 1.82) is 0 Å². The lowest BCUT2D eigenvalue weighted by molar-refractivity contribution is 0.0601. The molecule has 0 radical (unpaired) electrons. The van der Waals surface area contributed by atoms with E-state index in [-0.39, 0.29) is 22.0 Å². The van der Waals surface area contributed by atoms with Crippen LogP contribution in [0.4, 0.5) is 5.00 Å². The van der Waals surface area contributed by atoms with E-state index >= 15 is 0 Å². The van der Waals surface area contributed by atoms with E-state index in [1.165, 1.54) is 7.11 Å². The van der Waals surface area contributed by atoms with Crippen LogP contribution in [-0.2, 0) is 4.74 Å². The minimum Gasteiger partial charge on any atom is -0.465 e. The van der Waals surface area contributed by atoms with Gasteiger partial charge in [0.15, 0.2) is 0 Å². The van der Waals surface area contributed by atoms with Gasteiger partial charge in [-0.1, -0.05) is 35.5 Å². The zero-order chi connectivity index (χ0) is 23.4. The Kier molecular flexibility index (Phi) is 7.09. The maximum absolute atomic E-state index is 13.2. The monoisotopic (exact) mass is 455 g/mol. The van der Waals surface area contributed by atoms with Crippen LogP contribution >= 0.6 is 11.3 Å². The molecule has 2 amide bonds. The first-order valence-corrected chi connectivity index (χ1v) is 11.0. The molecule has 32 heavy (non-hydrogen) atoms.